The van der Waals surface area contributed by atoms with Crippen molar-refractivity contribution in [3.8, 4) is 0 Å². The molecule has 2 rings (SSSR count). The second kappa shape index (κ2) is 7.49. The number of halogens is 1. The highest BCUT2D eigenvalue weighted by Gasteiger charge is 2.24. The van der Waals surface area contributed by atoms with Gasteiger partial charge in [0.15, 0.2) is 0 Å². The third-order valence-electron chi connectivity index (χ3n) is 3.77. The van der Waals surface area contributed by atoms with Crippen LogP contribution in [-0.2, 0) is 16.1 Å². The summed E-state index contributed by atoms with van der Waals surface area (Å²) in [4.78, 5) is 14.2. The molecule has 0 spiro atoms. The van der Waals surface area contributed by atoms with Crippen molar-refractivity contribution in [2.45, 2.75) is 53.4 Å². The summed E-state index contributed by atoms with van der Waals surface area (Å²) in [5.74, 6) is 0.445. The Morgan fingerprint density at radius 1 is 1.39 bits per heavy atom. The highest BCUT2D eigenvalue weighted by atomic mass is 35.5. The second-order valence-corrected chi connectivity index (χ2v) is 7.06. The van der Waals surface area contributed by atoms with Crippen LogP contribution in [0.15, 0.2) is 6.08 Å². The van der Waals surface area contributed by atoms with E-state index in [4.69, 9.17) is 16.3 Å². The third kappa shape index (κ3) is 4.58. The average Bonchev–Trinajstić information content (AvgIpc) is 2.69. The Hall–Kier alpha value is -1.33. The fourth-order valence-corrected chi connectivity index (χ4v) is 3.15. The zero-order valence-electron chi connectivity index (χ0n) is 14.5. The molecule has 23 heavy (non-hydrogen) atoms. The SMILES string of the molecule is Cc1nn(CC(C)C)c(Cl)c1/C=C/C(=O)N1CC(C)OC(C)C1. The highest BCUT2D eigenvalue weighted by molar-refractivity contribution is 6.31. The van der Waals surface area contributed by atoms with Gasteiger partial charge in [-0.1, -0.05) is 25.4 Å². The Balaban J connectivity index is 2.10. The number of hydrogen-bond acceptors (Lipinski definition) is 3. The van der Waals surface area contributed by atoms with Crippen molar-refractivity contribution >= 4 is 23.6 Å². The minimum atomic E-state index is -0.0147. The van der Waals surface area contributed by atoms with E-state index in [2.05, 4.69) is 18.9 Å². The molecule has 0 radical (unpaired) electrons. The molecule has 0 aliphatic carbocycles. The molecule has 1 aromatic heterocycles. The topological polar surface area (TPSA) is 47.4 Å². The van der Waals surface area contributed by atoms with E-state index >= 15 is 0 Å². The lowest BCUT2D eigenvalue weighted by molar-refractivity contribution is -0.137. The summed E-state index contributed by atoms with van der Waals surface area (Å²) in [7, 11) is 0. The Labute approximate surface area is 143 Å². The molecule has 1 aliphatic rings. The minimum absolute atomic E-state index is 0.0147. The number of rotatable bonds is 4. The van der Waals surface area contributed by atoms with E-state index in [1.165, 1.54) is 0 Å². The van der Waals surface area contributed by atoms with Crippen molar-refractivity contribution in [3.63, 3.8) is 0 Å². The maximum absolute atomic E-state index is 12.4. The zero-order valence-corrected chi connectivity index (χ0v) is 15.3. The third-order valence-corrected chi connectivity index (χ3v) is 4.17. The number of hydrogen-bond donors (Lipinski definition) is 0. The molecule has 2 unspecified atom stereocenters. The first-order chi connectivity index (χ1) is 10.8. The van der Waals surface area contributed by atoms with Crippen molar-refractivity contribution in [2.24, 2.45) is 5.92 Å². The van der Waals surface area contributed by atoms with Crippen molar-refractivity contribution in [1.29, 1.82) is 0 Å². The predicted molar refractivity (Wildman–Crippen MR) is 92.4 cm³/mol. The predicted octanol–water partition coefficient (Wildman–Crippen LogP) is 3.15. The van der Waals surface area contributed by atoms with Crippen LogP contribution in [-0.4, -0.2) is 45.9 Å². The maximum atomic E-state index is 12.4. The standard InChI is InChI=1S/C17H26ClN3O2/c1-11(2)8-21-17(18)15(14(5)19-21)6-7-16(22)20-9-12(3)23-13(4)10-20/h6-7,11-13H,8-10H2,1-5H3/b7-6+. The molecule has 6 heteroatoms. The first-order valence-corrected chi connectivity index (χ1v) is 8.51. The lowest BCUT2D eigenvalue weighted by Gasteiger charge is -2.34. The molecule has 1 saturated heterocycles. The van der Waals surface area contributed by atoms with Crippen LogP contribution in [0.1, 0.15) is 39.0 Å². The summed E-state index contributed by atoms with van der Waals surface area (Å²) >= 11 is 6.39. The molecule has 1 aromatic rings. The Kier molecular flexibility index (Phi) is 5.87. The number of carbonyl (C=O) groups is 1. The van der Waals surface area contributed by atoms with Crippen molar-refractivity contribution in [2.75, 3.05) is 13.1 Å². The number of carbonyl (C=O) groups excluding carboxylic acids is 1. The number of amides is 1. The number of aromatic nitrogens is 2. The molecule has 5 nitrogen and oxygen atoms in total. The van der Waals surface area contributed by atoms with Crippen molar-refractivity contribution < 1.29 is 9.53 Å². The summed E-state index contributed by atoms with van der Waals surface area (Å²) in [5.41, 5.74) is 1.65. The van der Waals surface area contributed by atoms with E-state index in [9.17, 15) is 4.79 Å². The average molecular weight is 340 g/mol. The van der Waals surface area contributed by atoms with E-state index < -0.39 is 0 Å². The Bertz CT molecular complexity index is 585. The normalized spacial score (nSPS) is 22.3. The van der Waals surface area contributed by atoms with Crippen LogP contribution in [0.25, 0.3) is 6.08 Å². The molecule has 1 amide bonds. The van der Waals surface area contributed by atoms with Gasteiger partial charge in [-0.05, 0) is 32.8 Å². The summed E-state index contributed by atoms with van der Waals surface area (Å²) < 4.78 is 7.45. The van der Waals surface area contributed by atoms with Crippen LogP contribution in [0.2, 0.25) is 5.15 Å². The molecule has 2 atom stereocenters. The summed E-state index contributed by atoms with van der Waals surface area (Å²) in [5, 5.41) is 5.04. The van der Waals surface area contributed by atoms with Crippen LogP contribution >= 0.6 is 11.6 Å². The molecule has 0 aromatic carbocycles. The first-order valence-electron chi connectivity index (χ1n) is 8.13. The molecule has 1 fully saturated rings. The van der Waals surface area contributed by atoms with Gasteiger partial charge in [0.05, 0.1) is 17.9 Å². The number of ether oxygens (including phenoxy) is 1. The number of morpholine rings is 1. The molecule has 2 heterocycles. The van der Waals surface area contributed by atoms with Gasteiger partial charge in [-0.25, -0.2) is 0 Å². The van der Waals surface area contributed by atoms with Gasteiger partial charge in [0.25, 0.3) is 0 Å². The van der Waals surface area contributed by atoms with Crippen LogP contribution in [0.4, 0.5) is 0 Å². The van der Waals surface area contributed by atoms with Crippen molar-refractivity contribution in [1.82, 2.24) is 14.7 Å². The zero-order chi connectivity index (χ0) is 17.1. The Morgan fingerprint density at radius 3 is 2.57 bits per heavy atom. The van der Waals surface area contributed by atoms with Gasteiger partial charge in [0.1, 0.15) is 5.15 Å². The minimum Gasteiger partial charge on any atom is -0.372 e. The fourth-order valence-electron chi connectivity index (χ4n) is 2.84. The number of nitrogens with zero attached hydrogens (tertiary/aromatic N) is 3. The van der Waals surface area contributed by atoms with Gasteiger partial charge >= 0.3 is 0 Å². The Morgan fingerprint density at radius 2 is 2.00 bits per heavy atom. The van der Waals surface area contributed by atoms with E-state index in [0.717, 1.165) is 17.8 Å². The molecule has 128 valence electrons. The highest BCUT2D eigenvalue weighted by Crippen LogP contribution is 2.22. The van der Waals surface area contributed by atoms with Gasteiger partial charge < -0.3 is 9.64 Å². The smallest absolute Gasteiger partial charge is 0.246 e. The monoisotopic (exact) mass is 339 g/mol. The summed E-state index contributed by atoms with van der Waals surface area (Å²) in [6.45, 7) is 12.1. The van der Waals surface area contributed by atoms with Crippen LogP contribution in [0.5, 0.6) is 0 Å². The van der Waals surface area contributed by atoms with Crippen molar-refractivity contribution in [3.05, 3.63) is 22.5 Å². The molecule has 0 N–H and O–H groups in total. The lowest BCUT2D eigenvalue weighted by atomic mass is 10.2. The lowest BCUT2D eigenvalue weighted by Crippen LogP contribution is -2.47. The molecular weight excluding hydrogens is 314 g/mol. The van der Waals surface area contributed by atoms with Gasteiger partial charge in [-0.2, -0.15) is 5.10 Å². The van der Waals surface area contributed by atoms with Gasteiger partial charge in [-0.15, -0.1) is 0 Å². The largest absolute Gasteiger partial charge is 0.372 e. The molecule has 0 bridgehead atoms. The van der Waals surface area contributed by atoms with Crippen LogP contribution in [0, 0.1) is 12.8 Å². The first kappa shape index (κ1) is 18.0. The van der Waals surface area contributed by atoms with Gasteiger partial charge in [0, 0.05) is 31.3 Å². The van der Waals surface area contributed by atoms with E-state index in [1.807, 2.05) is 25.7 Å². The van der Waals surface area contributed by atoms with E-state index in [0.29, 0.717) is 24.2 Å². The summed E-state index contributed by atoms with van der Waals surface area (Å²) in [6.07, 6.45) is 3.49. The molecular formula is C17H26ClN3O2. The summed E-state index contributed by atoms with van der Waals surface area (Å²) in [6, 6.07) is 0. The van der Waals surface area contributed by atoms with Crippen LogP contribution < -0.4 is 0 Å². The number of aryl methyl sites for hydroxylation is 1. The van der Waals surface area contributed by atoms with E-state index in [1.54, 1.807) is 16.8 Å². The molecule has 0 saturated carbocycles. The van der Waals surface area contributed by atoms with Crippen LogP contribution in [0.3, 0.4) is 0 Å². The second-order valence-electron chi connectivity index (χ2n) is 6.70. The van der Waals surface area contributed by atoms with E-state index in [-0.39, 0.29) is 18.1 Å². The van der Waals surface area contributed by atoms with Gasteiger partial charge in [0.2, 0.25) is 5.91 Å². The maximum Gasteiger partial charge on any atom is 0.246 e. The fraction of sp³-hybridized carbons (Fsp3) is 0.647. The quantitative estimate of drug-likeness (QED) is 0.792. The molecule has 1 aliphatic heterocycles. The van der Waals surface area contributed by atoms with Gasteiger partial charge in [-0.3, -0.25) is 9.48 Å².